The normalized spacial score (nSPS) is 10.9. The summed E-state index contributed by atoms with van der Waals surface area (Å²) in [6.45, 7) is -1.34. The van der Waals surface area contributed by atoms with Crippen LogP contribution in [0.4, 0.5) is 28.9 Å². The van der Waals surface area contributed by atoms with E-state index in [1.807, 2.05) is 54.6 Å². The highest BCUT2D eigenvalue weighted by molar-refractivity contribution is 6.03. The zero-order valence-electron chi connectivity index (χ0n) is 30.5. The van der Waals surface area contributed by atoms with Crippen molar-refractivity contribution in [2.75, 3.05) is 11.1 Å². The molecule has 1 amide bonds. The number of alkyl halides is 4. The Morgan fingerprint density at radius 3 is 1.51 bits per heavy atom. The van der Waals surface area contributed by atoms with E-state index < -0.39 is 37.8 Å². The molecule has 0 bridgehead atoms. The Kier molecular flexibility index (Phi) is 12.6. The minimum Gasteiger partial charge on any atom is -0.477 e. The van der Waals surface area contributed by atoms with Crippen LogP contribution in [0.5, 0.6) is 0 Å². The van der Waals surface area contributed by atoms with Crippen LogP contribution in [0, 0.1) is 0 Å². The van der Waals surface area contributed by atoms with Crippen molar-refractivity contribution in [1.82, 2.24) is 40.0 Å². The summed E-state index contributed by atoms with van der Waals surface area (Å²) < 4.78 is 50.5. The lowest BCUT2D eigenvalue weighted by atomic mass is 10.0. The van der Waals surface area contributed by atoms with Crippen LogP contribution in [-0.4, -0.2) is 69.8 Å². The van der Waals surface area contributed by atoms with Crippen LogP contribution < -0.4 is 22.2 Å². The fourth-order valence-electron chi connectivity index (χ4n) is 5.81. The third-order valence-corrected chi connectivity index (χ3v) is 8.50. The number of carboxylic acid groups (broad SMARTS) is 1. The van der Waals surface area contributed by atoms with Gasteiger partial charge in [0, 0.05) is 45.7 Å². The number of aromatic amines is 2. The average molecular weight is 809 g/mol. The summed E-state index contributed by atoms with van der Waals surface area (Å²) in [4.78, 5) is 46.3. The third kappa shape index (κ3) is 9.89. The first-order valence-electron chi connectivity index (χ1n) is 17.5. The predicted octanol–water partition coefficient (Wildman–Crippen LogP) is 6.32. The quantitative estimate of drug-likeness (QED) is 0.0807. The first kappa shape index (κ1) is 40.7. The van der Waals surface area contributed by atoms with Gasteiger partial charge in [0.15, 0.2) is 0 Å². The van der Waals surface area contributed by atoms with Gasteiger partial charge in [-0.3, -0.25) is 23.7 Å². The van der Waals surface area contributed by atoms with Crippen LogP contribution >= 0.6 is 0 Å². The second-order valence-electron chi connectivity index (χ2n) is 12.4. The molecule has 300 valence electrons. The zero-order valence-corrected chi connectivity index (χ0v) is 30.5. The van der Waals surface area contributed by atoms with E-state index in [9.17, 15) is 36.7 Å². The van der Waals surface area contributed by atoms with Gasteiger partial charge in [-0.25, -0.2) is 32.6 Å². The lowest BCUT2D eigenvalue weighted by Crippen LogP contribution is -2.20. The predicted molar refractivity (Wildman–Crippen MR) is 211 cm³/mol. The third-order valence-electron chi connectivity index (χ3n) is 8.50. The van der Waals surface area contributed by atoms with Gasteiger partial charge in [0.2, 0.25) is 0 Å². The fraction of sp³-hybridized carbons (Fsp3) is 0.100. The van der Waals surface area contributed by atoms with Crippen molar-refractivity contribution in [3.63, 3.8) is 0 Å². The molecular formula is C40H32F4N10O5. The van der Waals surface area contributed by atoms with Gasteiger partial charge in [-0.05, 0) is 48.5 Å². The van der Waals surface area contributed by atoms with Crippen LogP contribution in [0.2, 0.25) is 0 Å². The van der Waals surface area contributed by atoms with Gasteiger partial charge in [-0.1, -0.05) is 60.7 Å². The number of benzene rings is 4. The number of carbonyl (C=O) groups is 2. The number of nitrogens with zero attached hydrogens (tertiary/aromatic N) is 6. The lowest BCUT2D eigenvalue weighted by Gasteiger charge is -2.09. The van der Waals surface area contributed by atoms with E-state index in [2.05, 4.69) is 35.9 Å². The van der Waals surface area contributed by atoms with Crippen molar-refractivity contribution in [3.8, 4) is 22.5 Å². The van der Waals surface area contributed by atoms with Crippen LogP contribution in [0.15, 0.2) is 131 Å². The average Bonchev–Trinajstić information content (AvgIpc) is 3.89. The molecule has 0 spiro atoms. The van der Waals surface area contributed by atoms with E-state index in [1.165, 1.54) is 24.5 Å². The van der Waals surface area contributed by atoms with Crippen molar-refractivity contribution < 1.29 is 32.3 Å². The number of nitrogen functional groups attached to an aromatic ring is 1. The fourth-order valence-corrected chi connectivity index (χ4v) is 5.81. The Balaban J connectivity index is 0.000000165. The molecule has 0 fully saturated rings. The highest BCUT2D eigenvalue weighted by atomic mass is 19.3. The number of carboxylic acids is 1. The van der Waals surface area contributed by atoms with E-state index in [0.717, 1.165) is 31.6 Å². The molecule has 15 nitrogen and oxygen atoms in total. The van der Waals surface area contributed by atoms with E-state index in [4.69, 9.17) is 10.8 Å². The van der Waals surface area contributed by atoms with Crippen molar-refractivity contribution in [3.05, 3.63) is 154 Å². The summed E-state index contributed by atoms with van der Waals surface area (Å²) in [5.74, 6) is -1.79. The van der Waals surface area contributed by atoms with Crippen molar-refractivity contribution >= 4 is 44.8 Å². The molecule has 0 unspecified atom stereocenters. The molecule has 8 aromatic rings. The van der Waals surface area contributed by atoms with Crippen LogP contribution in [0.25, 0.3) is 44.1 Å². The van der Waals surface area contributed by atoms with Crippen molar-refractivity contribution in [2.24, 2.45) is 0 Å². The van der Waals surface area contributed by atoms with Gasteiger partial charge >= 0.3 is 5.97 Å². The minimum absolute atomic E-state index is 0.0441. The molecule has 0 aliphatic heterocycles. The molecule has 59 heavy (non-hydrogen) atoms. The van der Waals surface area contributed by atoms with Gasteiger partial charge < -0.3 is 16.2 Å². The Morgan fingerprint density at radius 1 is 0.627 bits per heavy atom. The van der Waals surface area contributed by atoms with E-state index in [-0.39, 0.29) is 22.5 Å². The molecule has 0 aliphatic rings. The van der Waals surface area contributed by atoms with Gasteiger partial charge in [-0.15, -0.1) is 0 Å². The van der Waals surface area contributed by atoms with Gasteiger partial charge in [-0.2, -0.15) is 20.4 Å². The summed E-state index contributed by atoms with van der Waals surface area (Å²) in [6.07, 6.45) is -2.73. The standard InChI is InChI=1S/C20H15F2N5O2.C14H11N3O.C6H6F2N2O2/c21-17(22)11-27-16(9-10-23-27)20(29)24-13-7-5-12(6-8-13)18-14-3-1-2-4-15(14)19(28)26-25-18;15-10-7-5-9(6-8-10)13-11-3-1-2-4-12(11)14(18)17-16-13;7-5(8)3-10-4(6(11)12)1-2-9-10/h1-10,17H,11H2,(H,24,29)(H,26,28);1-8H,15H2,(H,17,18);1-2,5H,3H2,(H,11,12). The minimum atomic E-state index is -2.61. The van der Waals surface area contributed by atoms with Gasteiger partial charge in [0.05, 0.1) is 22.2 Å². The molecule has 6 N–H and O–H groups in total. The largest absolute Gasteiger partial charge is 0.477 e. The monoisotopic (exact) mass is 808 g/mol. The Hall–Kier alpha value is -7.96. The highest BCUT2D eigenvalue weighted by Crippen LogP contribution is 2.26. The number of aromatic carboxylic acids is 1. The SMILES string of the molecule is Nc1ccc(-c2n[nH]c(=O)c3ccccc23)cc1.O=C(Nc1ccc(-c2n[nH]c(=O)c3ccccc23)cc1)c1ccnn1CC(F)F.O=C(O)c1ccnn1CC(F)F. The molecular weight excluding hydrogens is 776 g/mol. The van der Waals surface area contributed by atoms with E-state index in [0.29, 0.717) is 33.2 Å². The number of hydrogen-bond donors (Lipinski definition) is 5. The summed E-state index contributed by atoms with van der Waals surface area (Å²) in [5.41, 5.74) is 9.26. The van der Waals surface area contributed by atoms with E-state index >= 15 is 0 Å². The first-order valence-corrected chi connectivity index (χ1v) is 17.5. The Morgan fingerprint density at radius 2 is 1.05 bits per heavy atom. The zero-order chi connectivity index (χ0) is 42.1. The molecule has 4 aromatic carbocycles. The maximum atomic E-state index is 12.6. The molecule has 0 aliphatic carbocycles. The van der Waals surface area contributed by atoms with Crippen LogP contribution in [-0.2, 0) is 13.1 Å². The lowest BCUT2D eigenvalue weighted by molar-refractivity contribution is 0.0670. The molecule has 8 rings (SSSR count). The highest BCUT2D eigenvalue weighted by Gasteiger charge is 2.16. The molecule has 0 saturated heterocycles. The number of amides is 1. The number of nitrogens with one attached hydrogen (secondary N) is 3. The smallest absolute Gasteiger partial charge is 0.354 e. The Labute approximate surface area is 329 Å². The molecule has 4 aromatic heterocycles. The Bertz CT molecular complexity index is 2840. The number of fused-ring (bicyclic) bond motifs is 2. The summed E-state index contributed by atoms with van der Waals surface area (Å²) in [6, 6.07) is 31.3. The molecule has 4 heterocycles. The number of halogens is 4. The molecule has 0 atom stereocenters. The number of rotatable bonds is 9. The maximum absolute atomic E-state index is 12.6. The summed E-state index contributed by atoms with van der Waals surface area (Å²) in [5, 5.41) is 34.3. The molecule has 19 heteroatoms. The van der Waals surface area contributed by atoms with Crippen molar-refractivity contribution in [1.29, 1.82) is 0 Å². The van der Waals surface area contributed by atoms with Crippen LogP contribution in [0.1, 0.15) is 21.0 Å². The van der Waals surface area contributed by atoms with Crippen LogP contribution in [0.3, 0.4) is 0 Å². The van der Waals surface area contributed by atoms with Crippen molar-refractivity contribution in [2.45, 2.75) is 25.9 Å². The van der Waals surface area contributed by atoms with Gasteiger partial charge in [0.25, 0.3) is 29.9 Å². The van der Waals surface area contributed by atoms with Gasteiger partial charge in [0.1, 0.15) is 24.5 Å². The first-order chi connectivity index (χ1) is 28.4. The second-order valence-corrected chi connectivity index (χ2v) is 12.4. The summed E-state index contributed by atoms with van der Waals surface area (Å²) in [7, 11) is 0. The van der Waals surface area contributed by atoms with E-state index in [1.54, 1.807) is 42.5 Å². The second kappa shape index (κ2) is 18.3. The molecule has 0 saturated carbocycles. The maximum Gasteiger partial charge on any atom is 0.354 e. The topological polar surface area (TPSA) is 220 Å². The number of aromatic nitrogens is 8. The number of nitrogens with two attached hydrogens (primary N) is 1. The number of H-pyrrole nitrogens is 2. The number of hydrogen-bond acceptors (Lipinski definition) is 9. The number of carbonyl (C=O) groups excluding carboxylic acids is 1. The molecule has 0 radical (unpaired) electrons. The number of anilines is 2. The summed E-state index contributed by atoms with van der Waals surface area (Å²) >= 11 is 0.